The number of pyridine rings is 1. The second kappa shape index (κ2) is 5.70. The first-order valence-electron chi connectivity index (χ1n) is 5.07. The van der Waals surface area contributed by atoms with Crippen molar-refractivity contribution in [1.82, 2.24) is 4.98 Å². The van der Waals surface area contributed by atoms with Crippen molar-refractivity contribution in [3.63, 3.8) is 0 Å². The van der Waals surface area contributed by atoms with Gasteiger partial charge in [0.15, 0.2) is 0 Å². The van der Waals surface area contributed by atoms with E-state index in [4.69, 9.17) is 5.73 Å². The first kappa shape index (κ1) is 11.1. The molecule has 3 heteroatoms. The molecule has 14 heavy (non-hydrogen) atoms. The minimum atomic E-state index is -0.272. The Morgan fingerprint density at radius 3 is 2.86 bits per heavy atom. The Morgan fingerprint density at radius 2 is 2.21 bits per heavy atom. The molecule has 2 N–H and O–H groups in total. The van der Waals surface area contributed by atoms with Gasteiger partial charge in [0.05, 0.1) is 6.20 Å². The topological polar surface area (TPSA) is 38.9 Å². The third-order valence-electron chi connectivity index (χ3n) is 2.22. The lowest BCUT2D eigenvalue weighted by atomic mass is 10.0. The van der Waals surface area contributed by atoms with Crippen LogP contribution < -0.4 is 5.73 Å². The molecule has 1 heterocycles. The summed E-state index contributed by atoms with van der Waals surface area (Å²) in [7, 11) is 0. The van der Waals surface area contributed by atoms with Gasteiger partial charge in [0.25, 0.3) is 0 Å². The molecule has 0 saturated heterocycles. The number of halogens is 1. The predicted octanol–water partition coefficient (Wildman–Crippen LogP) is 2.28. The molecule has 2 nitrogen and oxygen atoms in total. The maximum Gasteiger partial charge on any atom is 0.141 e. The SMILES string of the molecule is CCCC(N)CCc1cncc(F)c1. The Balaban J connectivity index is 2.37. The van der Waals surface area contributed by atoms with Gasteiger partial charge >= 0.3 is 0 Å². The summed E-state index contributed by atoms with van der Waals surface area (Å²) in [5.41, 5.74) is 6.78. The van der Waals surface area contributed by atoms with Gasteiger partial charge in [0.2, 0.25) is 0 Å². The van der Waals surface area contributed by atoms with Gasteiger partial charge in [-0.1, -0.05) is 13.3 Å². The van der Waals surface area contributed by atoms with Crippen LogP contribution in [-0.4, -0.2) is 11.0 Å². The van der Waals surface area contributed by atoms with E-state index >= 15 is 0 Å². The van der Waals surface area contributed by atoms with Crippen LogP contribution in [0.4, 0.5) is 4.39 Å². The predicted molar refractivity (Wildman–Crippen MR) is 55.4 cm³/mol. The highest BCUT2D eigenvalue weighted by molar-refractivity contribution is 5.10. The van der Waals surface area contributed by atoms with Gasteiger partial charge in [-0.05, 0) is 30.9 Å². The third kappa shape index (κ3) is 3.83. The summed E-state index contributed by atoms with van der Waals surface area (Å²) in [6.07, 6.45) is 6.76. The maximum atomic E-state index is 12.7. The number of aromatic nitrogens is 1. The smallest absolute Gasteiger partial charge is 0.141 e. The molecule has 1 rings (SSSR count). The zero-order valence-electron chi connectivity index (χ0n) is 8.54. The fourth-order valence-corrected chi connectivity index (χ4v) is 1.46. The van der Waals surface area contributed by atoms with Crippen LogP contribution in [-0.2, 0) is 6.42 Å². The minimum Gasteiger partial charge on any atom is -0.328 e. The van der Waals surface area contributed by atoms with Crippen LogP contribution in [0, 0.1) is 5.82 Å². The first-order valence-corrected chi connectivity index (χ1v) is 5.07. The third-order valence-corrected chi connectivity index (χ3v) is 2.22. The second-order valence-corrected chi connectivity index (χ2v) is 3.60. The Kier molecular flexibility index (Phi) is 4.53. The van der Waals surface area contributed by atoms with Gasteiger partial charge in [-0.15, -0.1) is 0 Å². The lowest BCUT2D eigenvalue weighted by molar-refractivity contribution is 0.557. The standard InChI is InChI=1S/C11H17FN2/c1-2-3-11(13)5-4-9-6-10(12)8-14-7-9/h6-8,11H,2-5,13H2,1H3. The number of rotatable bonds is 5. The van der Waals surface area contributed by atoms with Crippen molar-refractivity contribution in [2.45, 2.75) is 38.6 Å². The van der Waals surface area contributed by atoms with E-state index in [0.717, 1.165) is 31.2 Å². The molecule has 0 aliphatic heterocycles. The Labute approximate surface area is 84.3 Å². The van der Waals surface area contributed by atoms with Crippen molar-refractivity contribution in [2.75, 3.05) is 0 Å². The van der Waals surface area contributed by atoms with E-state index in [2.05, 4.69) is 11.9 Å². The van der Waals surface area contributed by atoms with Gasteiger partial charge in [-0.25, -0.2) is 4.39 Å². The van der Waals surface area contributed by atoms with E-state index in [0.29, 0.717) is 0 Å². The zero-order valence-corrected chi connectivity index (χ0v) is 8.54. The van der Waals surface area contributed by atoms with Crippen LogP contribution in [0.1, 0.15) is 31.7 Å². The van der Waals surface area contributed by atoms with Gasteiger partial charge in [0, 0.05) is 12.2 Å². The molecule has 1 aromatic rings. The van der Waals surface area contributed by atoms with E-state index in [1.165, 1.54) is 12.3 Å². The molecular weight excluding hydrogens is 179 g/mol. The highest BCUT2D eigenvalue weighted by Gasteiger charge is 2.02. The number of aryl methyl sites for hydroxylation is 1. The Hall–Kier alpha value is -0.960. The molecule has 1 atom stereocenters. The molecule has 0 bridgehead atoms. The molecule has 0 saturated carbocycles. The normalized spacial score (nSPS) is 12.8. The summed E-state index contributed by atoms with van der Waals surface area (Å²) < 4.78 is 12.7. The average molecular weight is 196 g/mol. The summed E-state index contributed by atoms with van der Waals surface area (Å²) >= 11 is 0. The summed E-state index contributed by atoms with van der Waals surface area (Å²) in [6, 6.07) is 1.74. The molecule has 0 aliphatic rings. The van der Waals surface area contributed by atoms with Crippen molar-refractivity contribution in [2.24, 2.45) is 5.73 Å². The van der Waals surface area contributed by atoms with Gasteiger partial charge < -0.3 is 5.73 Å². The largest absolute Gasteiger partial charge is 0.328 e. The van der Waals surface area contributed by atoms with Crippen LogP contribution in [0.15, 0.2) is 18.5 Å². The van der Waals surface area contributed by atoms with Gasteiger partial charge in [-0.2, -0.15) is 0 Å². The fourth-order valence-electron chi connectivity index (χ4n) is 1.46. The van der Waals surface area contributed by atoms with E-state index < -0.39 is 0 Å². The van der Waals surface area contributed by atoms with E-state index in [1.807, 2.05) is 0 Å². The number of nitrogens with zero attached hydrogens (tertiary/aromatic N) is 1. The van der Waals surface area contributed by atoms with Crippen LogP contribution in [0.25, 0.3) is 0 Å². The summed E-state index contributed by atoms with van der Waals surface area (Å²) in [4.78, 5) is 3.79. The van der Waals surface area contributed by atoms with Crippen LogP contribution in [0.3, 0.4) is 0 Å². The average Bonchev–Trinajstić information content (AvgIpc) is 2.15. The summed E-state index contributed by atoms with van der Waals surface area (Å²) in [5, 5.41) is 0. The Bertz CT molecular complexity index is 276. The Morgan fingerprint density at radius 1 is 1.43 bits per heavy atom. The van der Waals surface area contributed by atoms with Crippen molar-refractivity contribution in [3.8, 4) is 0 Å². The highest BCUT2D eigenvalue weighted by Crippen LogP contribution is 2.07. The van der Waals surface area contributed by atoms with E-state index in [1.54, 1.807) is 6.20 Å². The lowest BCUT2D eigenvalue weighted by Gasteiger charge is -2.09. The molecule has 0 aromatic carbocycles. The lowest BCUT2D eigenvalue weighted by Crippen LogP contribution is -2.20. The van der Waals surface area contributed by atoms with E-state index in [-0.39, 0.29) is 11.9 Å². The zero-order chi connectivity index (χ0) is 10.4. The fraction of sp³-hybridized carbons (Fsp3) is 0.545. The molecule has 1 unspecified atom stereocenters. The van der Waals surface area contributed by atoms with Gasteiger partial charge in [-0.3, -0.25) is 4.98 Å². The molecule has 0 spiro atoms. The maximum absolute atomic E-state index is 12.7. The number of hydrogen-bond donors (Lipinski definition) is 1. The molecule has 78 valence electrons. The molecule has 1 aromatic heterocycles. The van der Waals surface area contributed by atoms with Crippen LogP contribution >= 0.6 is 0 Å². The molecule has 0 aliphatic carbocycles. The number of hydrogen-bond acceptors (Lipinski definition) is 2. The monoisotopic (exact) mass is 196 g/mol. The number of nitrogens with two attached hydrogens (primary N) is 1. The molecule has 0 amide bonds. The van der Waals surface area contributed by atoms with Crippen LogP contribution in [0.2, 0.25) is 0 Å². The van der Waals surface area contributed by atoms with Crippen molar-refractivity contribution >= 4 is 0 Å². The minimum absolute atomic E-state index is 0.225. The quantitative estimate of drug-likeness (QED) is 0.784. The first-order chi connectivity index (χ1) is 6.72. The highest BCUT2D eigenvalue weighted by atomic mass is 19.1. The second-order valence-electron chi connectivity index (χ2n) is 3.60. The van der Waals surface area contributed by atoms with Gasteiger partial charge in [0.1, 0.15) is 5.82 Å². The summed E-state index contributed by atoms with van der Waals surface area (Å²) in [6.45, 7) is 2.11. The molecule has 0 fully saturated rings. The van der Waals surface area contributed by atoms with E-state index in [9.17, 15) is 4.39 Å². The molecular formula is C11H17FN2. The van der Waals surface area contributed by atoms with Crippen molar-refractivity contribution in [3.05, 3.63) is 29.8 Å². The van der Waals surface area contributed by atoms with Crippen LogP contribution in [0.5, 0.6) is 0 Å². The van der Waals surface area contributed by atoms with Crippen molar-refractivity contribution in [1.29, 1.82) is 0 Å². The molecule has 0 radical (unpaired) electrons. The van der Waals surface area contributed by atoms with Crippen molar-refractivity contribution < 1.29 is 4.39 Å². The summed E-state index contributed by atoms with van der Waals surface area (Å²) in [5.74, 6) is -0.272.